The fraction of sp³-hybridized carbons (Fsp3) is 0.300. The number of hydrogen-bond donors (Lipinski definition) is 1. The van der Waals surface area contributed by atoms with Crippen molar-refractivity contribution >= 4 is 23.3 Å². The maximum atomic E-state index is 12.6. The maximum Gasteiger partial charge on any atom is 0.314 e. The highest BCUT2D eigenvalue weighted by atomic mass is 16.6. The summed E-state index contributed by atoms with van der Waals surface area (Å²) in [6.45, 7) is 0. The second-order valence-electron chi connectivity index (χ2n) is 6.51. The van der Waals surface area contributed by atoms with Gasteiger partial charge in [-0.1, -0.05) is 31.4 Å². The van der Waals surface area contributed by atoms with Crippen LogP contribution in [0.4, 0.5) is 11.4 Å². The number of amides is 1. The molecule has 0 saturated heterocycles. The van der Waals surface area contributed by atoms with Gasteiger partial charge in [-0.3, -0.25) is 19.7 Å². The fourth-order valence-electron chi connectivity index (χ4n) is 3.14. The summed E-state index contributed by atoms with van der Waals surface area (Å²) >= 11 is 0. The van der Waals surface area contributed by atoms with Crippen molar-refractivity contribution in [3.05, 3.63) is 64.2 Å². The molecule has 7 heteroatoms. The first-order valence-corrected chi connectivity index (χ1v) is 8.91. The van der Waals surface area contributed by atoms with Gasteiger partial charge in [0, 0.05) is 17.8 Å². The van der Waals surface area contributed by atoms with Crippen LogP contribution in [0.5, 0.6) is 5.75 Å². The Hall–Kier alpha value is -3.22. The molecule has 3 rings (SSSR count). The second kappa shape index (κ2) is 8.44. The van der Waals surface area contributed by atoms with E-state index in [0.717, 1.165) is 32.1 Å². The average molecular weight is 368 g/mol. The van der Waals surface area contributed by atoms with Crippen molar-refractivity contribution in [2.75, 3.05) is 5.32 Å². The topological polar surface area (TPSA) is 98.5 Å². The van der Waals surface area contributed by atoms with Gasteiger partial charge in [-0.05, 0) is 37.1 Å². The summed E-state index contributed by atoms with van der Waals surface area (Å²) in [5.74, 6) is -0.654. The van der Waals surface area contributed by atoms with E-state index in [0.29, 0.717) is 5.69 Å². The summed E-state index contributed by atoms with van der Waals surface area (Å²) in [6, 6.07) is 12.1. The zero-order valence-electron chi connectivity index (χ0n) is 14.7. The van der Waals surface area contributed by atoms with E-state index in [1.165, 1.54) is 24.3 Å². The lowest BCUT2D eigenvalue weighted by molar-refractivity contribution is -0.384. The summed E-state index contributed by atoms with van der Waals surface area (Å²) in [6.07, 6.45) is 4.80. The number of carbonyl (C=O) groups is 2. The summed E-state index contributed by atoms with van der Waals surface area (Å²) in [5.41, 5.74) is 0.592. The fourth-order valence-corrected chi connectivity index (χ4v) is 3.14. The van der Waals surface area contributed by atoms with Gasteiger partial charge < -0.3 is 10.1 Å². The Morgan fingerprint density at radius 3 is 2.33 bits per heavy atom. The number of esters is 1. The van der Waals surface area contributed by atoms with Crippen molar-refractivity contribution in [1.82, 2.24) is 0 Å². The highest BCUT2D eigenvalue weighted by Gasteiger charge is 2.24. The zero-order valence-corrected chi connectivity index (χ0v) is 14.7. The summed E-state index contributed by atoms with van der Waals surface area (Å²) in [7, 11) is 0. The van der Waals surface area contributed by atoms with Gasteiger partial charge in [-0.2, -0.15) is 0 Å². The standard InChI is InChI=1S/C20H20N2O5/c23-19(21-15-10-12-16(13-11-15)22(25)26)17-8-4-5-9-18(17)27-20(24)14-6-2-1-3-7-14/h4-5,8-14H,1-3,6-7H2,(H,21,23). The van der Waals surface area contributed by atoms with Crippen LogP contribution in [0.15, 0.2) is 48.5 Å². The molecule has 0 unspecified atom stereocenters. The van der Waals surface area contributed by atoms with Crippen molar-refractivity contribution in [2.45, 2.75) is 32.1 Å². The van der Waals surface area contributed by atoms with Gasteiger partial charge in [0.05, 0.1) is 16.4 Å². The Labute approximate surface area is 156 Å². The quantitative estimate of drug-likeness (QED) is 0.366. The van der Waals surface area contributed by atoms with Crippen molar-refractivity contribution in [3.8, 4) is 5.75 Å². The average Bonchev–Trinajstić information content (AvgIpc) is 2.69. The number of nitro benzene ring substituents is 1. The molecule has 0 spiro atoms. The van der Waals surface area contributed by atoms with E-state index in [-0.39, 0.29) is 28.9 Å². The highest BCUT2D eigenvalue weighted by Crippen LogP contribution is 2.27. The van der Waals surface area contributed by atoms with Crippen LogP contribution in [0.2, 0.25) is 0 Å². The number of nitrogens with zero attached hydrogens (tertiary/aromatic N) is 1. The van der Waals surface area contributed by atoms with Crippen LogP contribution in [0.3, 0.4) is 0 Å². The number of nitrogens with one attached hydrogen (secondary N) is 1. The molecule has 140 valence electrons. The van der Waals surface area contributed by atoms with Crippen LogP contribution >= 0.6 is 0 Å². The number of nitro groups is 1. The molecule has 0 atom stereocenters. The number of non-ortho nitro benzene ring substituents is 1. The number of ether oxygens (including phenoxy) is 1. The lowest BCUT2D eigenvalue weighted by Crippen LogP contribution is -2.24. The molecular formula is C20H20N2O5. The molecule has 1 amide bonds. The highest BCUT2D eigenvalue weighted by molar-refractivity contribution is 6.06. The molecule has 1 aliphatic rings. The minimum Gasteiger partial charge on any atom is -0.425 e. The van der Waals surface area contributed by atoms with Gasteiger partial charge in [0.1, 0.15) is 5.75 Å². The van der Waals surface area contributed by atoms with Gasteiger partial charge in [0.25, 0.3) is 11.6 Å². The largest absolute Gasteiger partial charge is 0.425 e. The lowest BCUT2D eigenvalue weighted by atomic mass is 9.89. The van der Waals surface area contributed by atoms with Gasteiger partial charge in [0.15, 0.2) is 0 Å². The zero-order chi connectivity index (χ0) is 19.2. The predicted molar refractivity (Wildman–Crippen MR) is 99.7 cm³/mol. The molecule has 2 aromatic rings. The number of para-hydroxylation sites is 1. The Morgan fingerprint density at radius 2 is 1.67 bits per heavy atom. The van der Waals surface area contributed by atoms with E-state index < -0.39 is 10.8 Å². The molecule has 0 aliphatic heterocycles. The van der Waals surface area contributed by atoms with Crippen LogP contribution in [0.25, 0.3) is 0 Å². The number of benzene rings is 2. The molecule has 27 heavy (non-hydrogen) atoms. The number of rotatable bonds is 5. The Bertz CT molecular complexity index is 842. The molecule has 0 aromatic heterocycles. The first-order valence-electron chi connectivity index (χ1n) is 8.91. The van der Waals surface area contributed by atoms with E-state index in [1.807, 2.05) is 0 Å². The van der Waals surface area contributed by atoms with Gasteiger partial charge in [0.2, 0.25) is 0 Å². The molecule has 0 radical (unpaired) electrons. The van der Waals surface area contributed by atoms with Crippen LogP contribution in [-0.2, 0) is 4.79 Å². The third kappa shape index (κ3) is 4.69. The van der Waals surface area contributed by atoms with Crippen molar-refractivity contribution in [3.63, 3.8) is 0 Å². The molecular weight excluding hydrogens is 348 g/mol. The Morgan fingerprint density at radius 1 is 1.00 bits per heavy atom. The molecule has 0 bridgehead atoms. The first-order chi connectivity index (χ1) is 13.0. The minimum atomic E-state index is -0.508. The van der Waals surface area contributed by atoms with Crippen LogP contribution < -0.4 is 10.1 Å². The van der Waals surface area contributed by atoms with E-state index in [1.54, 1.807) is 24.3 Å². The van der Waals surface area contributed by atoms with Gasteiger partial charge in [-0.15, -0.1) is 0 Å². The normalized spacial score (nSPS) is 14.4. The SMILES string of the molecule is O=C(Nc1ccc([N+](=O)[O-])cc1)c1ccccc1OC(=O)C1CCCCC1. The van der Waals surface area contributed by atoms with E-state index in [2.05, 4.69) is 5.32 Å². The van der Waals surface area contributed by atoms with Crippen molar-refractivity contribution in [1.29, 1.82) is 0 Å². The predicted octanol–water partition coefficient (Wildman–Crippen LogP) is 4.33. The Kier molecular flexibility index (Phi) is 5.80. The number of hydrogen-bond acceptors (Lipinski definition) is 5. The first kappa shape index (κ1) is 18.6. The maximum absolute atomic E-state index is 12.6. The molecule has 1 N–H and O–H groups in total. The van der Waals surface area contributed by atoms with Crippen LogP contribution in [-0.4, -0.2) is 16.8 Å². The van der Waals surface area contributed by atoms with Gasteiger partial charge >= 0.3 is 5.97 Å². The number of carbonyl (C=O) groups excluding carboxylic acids is 2. The molecule has 1 fully saturated rings. The third-order valence-corrected chi connectivity index (χ3v) is 4.62. The van der Waals surface area contributed by atoms with E-state index in [4.69, 9.17) is 4.74 Å². The van der Waals surface area contributed by atoms with Crippen molar-refractivity contribution in [2.24, 2.45) is 5.92 Å². The smallest absolute Gasteiger partial charge is 0.314 e. The third-order valence-electron chi connectivity index (χ3n) is 4.62. The van der Waals surface area contributed by atoms with Gasteiger partial charge in [-0.25, -0.2) is 0 Å². The van der Waals surface area contributed by atoms with Crippen molar-refractivity contribution < 1.29 is 19.2 Å². The Balaban J connectivity index is 1.71. The summed E-state index contributed by atoms with van der Waals surface area (Å²) < 4.78 is 5.51. The summed E-state index contributed by atoms with van der Waals surface area (Å²) in [4.78, 5) is 35.2. The lowest BCUT2D eigenvalue weighted by Gasteiger charge is -2.20. The molecule has 7 nitrogen and oxygen atoms in total. The molecule has 1 saturated carbocycles. The monoisotopic (exact) mass is 368 g/mol. The number of anilines is 1. The molecule has 0 heterocycles. The summed E-state index contributed by atoms with van der Waals surface area (Å²) in [5, 5.41) is 13.4. The second-order valence-corrected chi connectivity index (χ2v) is 6.51. The minimum absolute atomic E-state index is 0.0604. The molecule has 2 aromatic carbocycles. The van der Waals surface area contributed by atoms with E-state index >= 15 is 0 Å². The van der Waals surface area contributed by atoms with E-state index in [9.17, 15) is 19.7 Å². The molecule has 1 aliphatic carbocycles. The van der Waals surface area contributed by atoms with Crippen LogP contribution in [0.1, 0.15) is 42.5 Å². The van der Waals surface area contributed by atoms with Crippen LogP contribution in [0, 0.1) is 16.0 Å².